The van der Waals surface area contributed by atoms with E-state index in [9.17, 15) is 14.0 Å². The number of amides is 2. The summed E-state index contributed by atoms with van der Waals surface area (Å²) in [5, 5.41) is 14.4. The standard InChI is InChI=1S/C19H19FN6O3/c1-25(11-17(27)21-15-7-4-8-16(10-15)29-2)18(28)12-26-23-19(22-24-26)13-5-3-6-14(20)9-13/h3-10H,11-12H2,1-2H3,(H,21,27). The summed E-state index contributed by atoms with van der Waals surface area (Å²) in [6.45, 7) is -0.354. The van der Waals surface area contributed by atoms with Crippen molar-refractivity contribution in [3.63, 3.8) is 0 Å². The predicted molar refractivity (Wildman–Crippen MR) is 102 cm³/mol. The molecule has 0 atom stereocenters. The zero-order valence-corrected chi connectivity index (χ0v) is 15.9. The number of rotatable bonds is 7. The van der Waals surface area contributed by atoms with Crippen molar-refractivity contribution in [2.45, 2.75) is 6.54 Å². The molecule has 0 aliphatic rings. The van der Waals surface area contributed by atoms with Crippen molar-refractivity contribution in [2.75, 3.05) is 26.0 Å². The average molecular weight is 398 g/mol. The Balaban J connectivity index is 1.55. The number of nitrogens with one attached hydrogen (secondary N) is 1. The van der Waals surface area contributed by atoms with E-state index in [1.54, 1.807) is 30.3 Å². The third kappa shape index (κ3) is 5.34. The summed E-state index contributed by atoms with van der Waals surface area (Å²) in [4.78, 5) is 26.9. The molecule has 1 aromatic heterocycles. The molecule has 29 heavy (non-hydrogen) atoms. The van der Waals surface area contributed by atoms with Gasteiger partial charge in [-0.1, -0.05) is 18.2 Å². The number of nitrogens with zero attached hydrogens (tertiary/aromatic N) is 5. The minimum Gasteiger partial charge on any atom is -0.497 e. The Labute approximate surface area is 166 Å². The Kier molecular flexibility index (Phi) is 6.12. The molecule has 9 nitrogen and oxygen atoms in total. The fraction of sp³-hybridized carbons (Fsp3) is 0.211. The van der Waals surface area contributed by atoms with Gasteiger partial charge in [-0.25, -0.2) is 4.39 Å². The van der Waals surface area contributed by atoms with E-state index >= 15 is 0 Å². The van der Waals surface area contributed by atoms with Crippen LogP contribution in [-0.2, 0) is 16.1 Å². The van der Waals surface area contributed by atoms with Crippen LogP contribution in [0.4, 0.5) is 10.1 Å². The first-order chi connectivity index (χ1) is 13.9. The van der Waals surface area contributed by atoms with Crippen LogP contribution in [0.3, 0.4) is 0 Å². The number of likely N-dealkylation sites (N-methyl/N-ethyl adjacent to an activating group) is 1. The van der Waals surface area contributed by atoms with Crippen LogP contribution in [0.1, 0.15) is 0 Å². The molecule has 10 heteroatoms. The van der Waals surface area contributed by atoms with E-state index in [2.05, 4.69) is 20.7 Å². The number of benzene rings is 2. The maximum Gasteiger partial charge on any atom is 0.246 e. The number of aromatic nitrogens is 4. The summed E-state index contributed by atoms with van der Waals surface area (Å²) in [6, 6.07) is 12.7. The molecular formula is C19H19FN6O3. The third-order valence-corrected chi connectivity index (χ3v) is 3.97. The number of methoxy groups -OCH3 is 1. The van der Waals surface area contributed by atoms with E-state index in [0.717, 1.165) is 4.80 Å². The summed E-state index contributed by atoms with van der Waals surface area (Å²) in [6.07, 6.45) is 0. The number of halogens is 1. The normalized spacial score (nSPS) is 10.4. The largest absolute Gasteiger partial charge is 0.497 e. The molecule has 0 bridgehead atoms. The summed E-state index contributed by atoms with van der Waals surface area (Å²) >= 11 is 0. The van der Waals surface area contributed by atoms with Gasteiger partial charge in [-0.3, -0.25) is 9.59 Å². The highest BCUT2D eigenvalue weighted by molar-refractivity contribution is 5.94. The zero-order valence-electron chi connectivity index (χ0n) is 15.9. The number of anilines is 1. The van der Waals surface area contributed by atoms with Crippen LogP contribution < -0.4 is 10.1 Å². The van der Waals surface area contributed by atoms with Crippen LogP contribution in [0.25, 0.3) is 11.4 Å². The first-order valence-corrected chi connectivity index (χ1v) is 8.66. The molecule has 3 aromatic rings. The van der Waals surface area contributed by atoms with E-state index in [0.29, 0.717) is 17.0 Å². The molecule has 0 aliphatic carbocycles. The molecule has 0 spiro atoms. The summed E-state index contributed by atoms with van der Waals surface area (Å²) in [5.74, 6) is -0.346. The fourth-order valence-corrected chi connectivity index (χ4v) is 2.50. The van der Waals surface area contributed by atoms with Gasteiger partial charge in [0.25, 0.3) is 0 Å². The average Bonchev–Trinajstić information content (AvgIpc) is 3.16. The van der Waals surface area contributed by atoms with Gasteiger partial charge in [0, 0.05) is 24.4 Å². The van der Waals surface area contributed by atoms with Crippen LogP contribution in [-0.4, -0.2) is 57.6 Å². The van der Waals surface area contributed by atoms with Crippen molar-refractivity contribution in [3.05, 3.63) is 54.3 Å². The molecule has 0 saturated heterocycles. The topological polar surface area (TPSA) is 102 Å². The number of carbonyl (C=O) groups excluding carboxylic acids is 2. The van der Waals surface area contributed by atoms with E-state index in [1.807, 2.05) is 0 Å². The van der Waals surface area contributed by atoms with Crippen LogP contribution in [0.2, 0.25) is 0 Å². The SMILES string of the molecule is COc1cccc(NC(=O)CN(C)C(=O)Cn2nnc(-c3cccc(F)c3)n2)c1. The number of tetrazole rings is 1. The highest BCUT2D eigenvalue weighted by atomic mass is 19.1. The van der Waals surface area contributed by atoms with Crippen molar-refractivity contribution in [3.8, 4) is 17.1 Å². The Hall–Kier alpha value is -3.82. The Morgan fingerprint density at radius 1 is 1.21 bits per heavy atom. The van der Waals surface area contributed by atoms with Gasteiger partial charge in [0.15, 0.2) is 0 Å². The molecule has 0 fully saturated rings. The number of hydrogen-bond acceptors (Lipinski definition) is 6. The minimum absolute atomic E-state index is 0.151. The van der Waals surface area contributed by atoms with Crippen LogP contribution in [0.15, 0.2) is 48.5 Å². The van der Waals surface area contributed by atoms with Crippen molar-refractivity contribution >= 4 is 17.5 Å². The lowest BCUT2D eigenvalue weighted by atomic mass is 10.2. The van der Waals surface area contributed by atoms with E-state index in [4.69, 9.17) is 4.74 Å². The highest BCUT2D eigenvalue weighted by Crippen LogP contribution is 2.17. The molecular weight excluding hydrogens is 379 g/mol. The van der Waals surface area contributed by atoms with Crippen LogP contribution in [0, 0.1) is 5.82 Å². The lowest BCUT2D eigenvalue weighted by Gasteiger charge is -2.16. The lowest BCUT2D eigenvalue weighted by Crippen LogP contribution is -2.37. The molecule has 1 heterocycles. The molecule has 2 aromatic carbocycles. The maximum atomic E-state index is 13.3. The summed E-state index contributed by atoms with van der Waals surface area (Å²) < 4.78 is 18.4. The van der Waals surface area contributed by atoms with E-state index in [1.165, 1.54) is 37.3 Å². The van der Waals surface area contributed by atoms with Crippen molar-refractivity contribution in [2.24, 2.45) is 0 Å². The zero-order chi connectivity index (χ0) is 20.8. The second-order valence-electron chi connectivity index (χ2n) is 6.18. The van der Waals surface area contributed by atoms with Gasteiger partial charge in [-0.2, -0.15) is 4.80 Å². The molecule has 1 N–H and O–H groups in total. The molecule has 0 aliphatic heterocycles. The van der Waals surface area contributed by atoms with Gasteiger partial charge < -0.3 is 15.0 Å². The summed E-state index contributed by atoms with van der Waals surface area (Å²) in [5.41, 5.74) is 1.02. The summed E-state index contributed by atoms with van der Waals surface area (Å²) in [7, 11) is 3.03. The first-order valence-electron chi connectivity index (χ1n) is 8.66. The van der Waals surface area contributed by atoms with Gasteiger partial charge in [-0.15, -0.1) is 10.2 Å². The molecule has 150 valence electrons. The monoisotopic (exact) mass is 398 g/mol. The van der Waals surface area contributed by atoms with Crippen molar-refractivity contribution < 1.29 is 18.7 Å². The number of carbonyl (C=O) groups is 2. The van der Waals surface area contributed by atoms with E-state index in [-0.39, 0.29) is 30.7 Å². The van der Waals surface area contributed by atoms with Gasteiger partial charge in [0.1, 0.15) is 18.1 Å². The highest BCUT2D eigenvalue weighted by Gasteiger charge is 2.16. The third-order valence-electron chi connectivity index (χ3n) is 3.97. The molecule has 3 rings (SSSR count). The van der Waals surface area contributed by atoms with Crippen LogP contribution in [0.5, 0.6) is 5.75 Å². The Morgan fingerprint density at radius 3 is 2.76 bits per heavy atom. The van der Waals surface area contributed by atoms with Crippen LogP contribution >= 0.6 is 0 Å². The first kappa shape index (κ1) is 19.9. The quantitative estimate of drug-likeness (QED) is 0.648. The maximum absolute atomic E-state index is 13.3. The molecule has 0 saturated carbocycles. The Morgan fingerprint density at radius 2 is 2.00 bits per heavy atom. The predicted octanol–water partition coefficient (Wildman–Crippen LogP) is 1.58. The van der Waals surface area contributed by atoms with Gasteiger partial charge in [0.05, 0.1) is 13.7 Å². The van der Waals surface area contributed by atoms with E-state index < -0.39 is 5.82 Å². The molecule has 2 amide bonds. The van der Waals surface area contributed by atoms with Gasteiger partial charge in [-0.05, 0) is 29.5 Å². The van der Waals surface area contributed by atoms with Crippen molar-refractivity contribution in [1.82, 2.24) is 25.1 Å². The second kappa shape index (κ2) is 8.91. The van der Waals surface area contributed by atoms with Crippen molar-refractivity contribution in [1.29, 1.82) is 0 Å². The number of ether oxygens (including phenoxy) is 1. The number of hydrogen-bond donors (Lipinski definition) is 1. The Bertz CT molecular complexity index is 1020. The van der Waals surface area contributed by atoms with Gasteiger partial charge >= 0.3 is 0 Å². The molecule has 0 radical (unpaired) electrons. The van der Waals surface area contributed by atoms with Gasteiger partial charge in [0.2, 0.25) is 17.6 Å². The smallest absolute Gasteiger partial charge is 0.246 e. The minimum atomic E-state index is -0.420. The molecule has 0 unspecified atom stereocenters. The second-order valence-corrected chi connectivity index (χ2v) is 6.18. The fourth-order valence-electron chi connectivity index (χ4n) is 2.50. The lowest BCUT2D eigenvalue weighted by molar-refractivity contribution is -0.134.